The lowest BCUT2D eigenvalue weighted by Crippen LogP contribution is -2.26. The number of hydrogen-bond donors (Lipinski definition) is 2. The summed E-state index contributed by atoms with van der Waals surface area (Å²) in [5, 5.41) is 7.35. The third kappa shape index (κ3) is 4.56. The number of carbonyl (C=O) groups is 1. The highest BCUT2D eigenvalue weighted by atomic mass is 35.5. The average molecular weight is 351 g/mol. The normalized spacial score (nSPS) is 13.7. The van der Waals surface area contributed by atoms with Gasteiger partial charge in [0.25, 0.3) is 5.91 Å². The maximum Gasteiger partial charge on any atom is 0.270 e. The van der Waals surface area contributed by atoms with E-state index in [0.717, 1.165) is 24.8 Å². The van der Waals surface area contributed by atoms with Crippen molar-refractivity contribution in [2.24, 2.45) is 0 Å². The van der Waals surface area contributed by atoms with E-state index in [1.54, 1.807) is 12.1 Å². The highest BCUT2D eigenvalue weighted by Gasteiger charge is 2.24. The summed E-state index contributed by atoms with van der Waals surface area (Å²) < 4.78 is 0. The largest absolute Gasteiger partial charge is 0.370 e. The first-order chi connectivity index (χ1) is 11.1. The summed E-state index contributed by atoms with van der Waals surface area (Å²) in [5.41, 5.74) is 1.38. The van der Waals surface area contributed by atoms with Crippen molar-refractivity contribution in [3.05, 3.63) is 51.9 Å². The van der Waals surface area contributed by atoms with E-state index in [4.69, 9.17) is 23.2 Å². The smallest absolute Gasteiger partial charge is 0.270 e. The molecule has 1 aromatic heterocycles. The molecule has 1 fully saturated rings. The number of nitrogens with one attached hydrogen (secondary N) is 2. The molecular formula is C16H16Cl2N4O. The molecule has 0 aliphatic heterocycles. The molecule has 120 valence electrons. The lowest BCUT2D eigenvalue weighted by molar-refractivity contribution is 0.0946. The summed E-state index contributed by atoms with van der Waals surface area (Å²) in [5.74, 6) is 0.463. The molecule has 2 aromatic rings. The number of anilines is 1. The summed E-state index contributed by atoms with van der Waals surface area (Å²) in [6.45, 7) is 0.641. The maximum absolute atomic E-state index is 12.0. The van der Waals surface area contributed by atoms with Crippen molar-refractivity contribution in [1.29, 1.82) is 0 Å². The lowest BCUT2D eigenvalue weighted by atomic mass is 10.1. The molecule has 23 heavy (non-hydrogen) atoms. The molecule has 0 saturated heterocycles. The number of hydrogen-bond acceptors (Lipinski definition) is 4. The molecule has 1 aliphatic carbocycles. The lowest BCUT2D eigenvalue weighted by Gasteiger charge is -2.08. The summed E-state index contributed by atoms with van der Waals surface area (Å²) >= 11 is 12.0. The van der Waals surface area contributed by atoms with Gasteiger partial charge in [0.2, 0.25) is 0 Å². The van der Waals surface area contributed by atoms with E-state index in [2.05, 4.69) is 20.6 Å². The van der Waals surface area contributed by atoms with Gasteiger partial charge in [-0.15, -0.1) is 0 Å². The summed E-state index contributed by atoms with van der Waals surface area (Å²) in [7, 11) is 0. The minimum Gasteiger partial charge on any atom is -0.370 e. The number of nitrogens with zero attached hydrogens (tertiary/aromatic N) is 2. The van der Waals surface area contributed by atoms with Crippen LogP contribution in [-0.4, -0.2) is 28.5 Å². The SMILES string of the molecule is O=C(NC1CC1)c1cc(NCCc2ccc(Cl)cc2Cl)ncn1. The van der Waals surface area contributed by atoms with Crippen LogP contribution in [0.25, 0.3) is 0 Å². The Morgan fingerprint density at radius 3 is 2.78 bits per heavy atom. The van der Waals surface area contributed by atoms with E-state index >= 15 is 0 Å². The topological polar surface area (TPSA) is 66.9 Å². The molecule has 1 amide bonds. The fourth-order valence-corrected chi connectivity index (χ4v) is 2.62. The van der Waals surface area contributed by atoms with E-state index < -0.39 is 0 Å². The standard InChI is InChI=1S/C16H16Cl2N4O/c17-11-2-1-10(13(18)7-11)5-6-19-15-8-14(20-9-21-15)16(23)22-12-3-4-12/h1-2,7-9,12H,3-6H2,(H,22,23)(H,19,20,21). The number of rotatable bonds is 6. The van der Waals surface area contributed by atoms with Crippen LogP contribution in [-0.2, 0) is 6.42 Å². The molecule has 0 unspecified atom stereocenters. The quantitative estimate of drug-likeness (QED) is 0.838. The van der Waals surface area contributed by atoms with Gasteiger partial charge in [-0.25, -0.2) is 9.97 Å². The van der Waals surface area contributed by atoms with Crippen LogP contribution in [0.4, 0.5) is 5.82 Å². The van der Waals surface area contributed by atoms with Crippen LogP contribution in [0.2, 0.25) is 10.0 Å². The van der Waals surface area contributed by atoms with Crippen LogP contribution >= 0.6 is 23.2 Å². The third-order valence-corrected chi connectivity index (χ3v) is 4.11. The van der Waals surface area contributed by atoms with Gasteiger partial charge in [-0.1, -0.05) is 29.3 Å². The average Bonchev–Trinajstić information content (AvgIpc) is 3.34. The zero-order valence-electron chi connectivity index (χ0n) is 12.4. The zero-order chi connectivity index (χ0) is 16.2. The van der Waals surface area contributed by atoms with Gasteiger partial charge in [-0.3, -0.25) is 4.79 Å². The van der Waals surface area contributed by atoms with Gasteiger partial charge in [0, 0.05) is 28.7 Å². The fraction of sp³-hybridized carbons (Fsp3) is 0.312. The Kier molecular flexibility index (Phi) is 4.98. The van der Waals surface area contributed by atoms with Gasteiger partial charge in [0.05, 0.1) is 0 Å². The van der Waals surface area contributed by atoms with E-state index in [9.17, 15) is 4.79 Å². The van der Waals surface area contributed by atoms with Gasteiger partial charge in [-0.2, -0.15) is 0 Å². The molecule has 1 aromatic carbocycles. The second-order valence-corrected chi connectivity index (χ2v) is 6.29. The van der Waals surface area contributed by atoms with Crippen LogP contribution in [0.3, 0.4) is 0 Å². The molecular weight excluding hydrogens is 335 g/mol. The summed E-state index contributed by atoms with van der Waals surface area (Å²) in [4.78, 5) is 20.1. The Balaban J connectivity index is 1.56. The third-order valence-electron chi connectivity index (χ3n) is 3.53. The van der Waals surface area contributed by atoms with Crippen molar-refractivity contribution >= 4 is 34.9 Å². The fourth-order valence-electron chi connectivity index (χ4n) is 2.11. The van der Waals surface area contributed by atoms with Crippen molar-refractivity contribution in [2.45, 2.75) is 25.3 Å². The van der Waals surface area contributed by atoms with Crippen LogP contribution in [0.15, 0.2) is 30.6 Å². The Bertz CT molecular complexity index is 719. The Labute approximate surface area is 144 Å². The molecule has 2 N–H and O–H groups in total. The predicted octanol–water partition coefficient (Wildman–Crippen LogP) is 3.33. The number of amides is 1. The molecule has 1 saturated carbocycles. The minimum atomic E-state index is -0.154. The molecule has 0 bridgehead atoms. The van der Waals surface area contributed by atoms with Gasteiger partial charge < -0.3 is 10.6 Å². The van der Waals surface area contributed by atoms with Crippen molar-refractivity contribution in [1.82, 2.24) is 15.3 Å². The molecule has 0 radical (unpaired) electrons. The highest BCUT2D eigenvalue weighted by molar-refractivity contribution is 6.35. The van der Waals surface area contributed by atoms with Crippen molar-refractivity contribution in [3.63, 3.8) is 0 Å². The Morgan fingerprint density at radius 2 is 2.04 bits per heavy atom. The van der Waals surface area contributed by atoms with Crippen molar-refractivity contribution in [2.75, 3.05) is 11.9 Å². The maximum atomic E-state index is 12.0. The number of carbonyl (C=O) groups excluding carboxylic acids is 1. The Morgan fingerprint density at radius 1 is 1.22 bits per heavy atom. The first-order valence-electron chi connectivity index (χ1n) is 7.42. The highest BCUT2D eigenvalue weighted by Crippen LogP contribution is 2.21. The molecule has 7 heteroatoms. The zero-order valence-corrected chi connectivity index (χ0v) is 13.9. The van der Waals surface area contributed by atoms with Crippen molar-refractivity contribution in [3.8, 4) is 0 Å². The molecule has 0 spiro atoms. The van der Waals surface area contributed by atoms with Gasteiger partial charge in [0.1, 0.15) is 17.8 Å². The van der Waals surface area contributed by atoms with Gasteiger partial charge in [0.15, 0.2) is 0 Å². The second kappa shape index (κ2) is 7.15. The molecule has 0 atom stereocenters. The van der Waals surface area contributed by atoms with Crippen LogP contribution in [0.5, 0.6) is 0 Å². The Hall–Kier alpha value is -1.85. The summed E-state index contributed by atoms with van der Waals surface area (Å²) in [6.07, 6.45) is 4.20. The predicted molar refractivity (Wildman–Crippen MR) is 91.2 cm³/mol. The van der Waals surface area contributed by atoms with Gasteiger partial charge in [-0.05, 0) is 37.0 Å². The molecule has 3 rings (SSSR count). The van der Waals surface area contributed by atoms with Crippen LogP contribution < -0.4 is 10.6 Å². The second-order valence-electron chi connectivity index (χ2n) is 5.45. The first-order valence-corrected chi connectivity index (χ1v) is 8.18. The first kappa shape index (κ1) is 16.0. The van der Waals surface area contributed by atoms with E-state index in [0.29, 0.717) is 34.1 Å². The van der Waals surface area contributed by atoms with E-state index in [1.165, 1.54) is 6.33 Å². The minimum absolute atomic E-state index is 0.154. The van der Waals surface area contributed by atoms with Crippen LogP contribution in [0, 0.1) is 0 Å². The van der Waals surface area contributed by atoms with Crippen LogP contribution in [0.1, 0.15) is 28.9 Å². The van der Waals surface area contributed by atoms with E-state index in [-0.39, 0.29) is 5.91 Å². The summed E-state index contributed by atoms with van der Waals surface area (Å²) in [6, 6.07) is 7.40. The molecule has 1 aliphatic rings. The molecule has 5 nitrogen and oxygen atoms in total. The van der Waals surface area contributed by atoms with Crippen molar-refractivity contribution < 1.29 is 4.79 Å². The number of halogens is 2. The van der Waals surface area contributed by atoms with Gasteiger partial charge >= 0.3 is 0 Å². The molecule has 1 heterocycles. The van der Waals surface area contributed by atoms with E-state index in [1.807, 2.05) is 12.1 Å². The number of aromatic nitrogens is 2. The monoisotopic (exact) mass is 350 g/mol. The number of benzene rings is 1.